The standard InChI is InChI=1S/C26H33FN4O2/c1-19(20-8-3-2-4-9-20)28-25(32)24(21-10-5-6-11-21)30-14-16-31(17-15-30)26(33)29-23-13-7-12-22(27)18-23/h2-4,7-9,12-13,18-19,21,24H,5-6,10-11,14-17H2,1H3,(H,28,32)(H,29,33). The number of piperazine rings is 1. The van der Waals surface area contributed by atoms with E-state index in [0.717, 1.165) is 18.4 Å². The van der Waals surface area contributed by atoms with E-state index in [-0.39, 0.29) is 29.8 Å². The minimum atomic E-state index is -0.382. The first-order chi connectivity index (χ1) is 16.0. The van der Waals surface area contributed by atoms with E-state index in [4.69, 9.17) is 0 Å². The molecule has 1 saturated heterocycles. The fraction of sp³-hybridized carbons (Fsp3) is 0.462. The maximum absolute atomic E-state index is 13.4. The SMILES string of the molecule is CC(NC(=O)C(C1CCCC1)N1CCN(C(=O)Nc2cccc(F)c2)CC1)c1ccccc1. The van der Waals surface area contributed by atoms with Crippen LogP contribution < -0.4 is 10.6 Å². The van der Waals surface area contributed by atoms with E-state index in [0.29, 0.717) is 37.8 Å². The molecule has 2 N–H and O–H groups in total. The van der Waals surface area contributed by atoms with Crippen LogP contribution in [-0.2, 0) is 4.79 Å². The zero-order valence-electron chi connectivity index (χ0n) is 19.2. The second-order valence-corrected chi connectivity index (χ2v) is 9.09. The number of benzene rings is 2. The second-order valence-electron chi connectivity index (χ2n) is 9.09. The lowest BCUT2D eigenvalue weighted by atomic mass is 9.94. The van der Waals surface area contributed by atoms with Crippen LogP contribution in [0.2, 0.25) is 0 Å². The average molecular weight is 453 g/mol. The first-order valence-electron chi connectivity index (χ1n) is 11.9. The molecule has 1 aliphatic carbocycles. The van der Waals surface area contributed by atoms with Gasteiger partial charge in [-0.25, -0.2) is 9.18 Å². The average Bonchev–Trinajstić information content (AvgIpc) is 3.34. The number of anilines is 1. The van der Waals surface area contributed by atoms with Gasteiger partial charge in [-0.05, 0) is 49.4 Å². The molecule has 2 aromatic rings. The summed E-state index contributed by atoms with van der Waals surface area (Å²) < 4.78 is 13.4. The van der Waals surface area contributed by atoms with Gasteiger partial charge in [0, 0.05) is 31.9 Å². The molecule has 4 rings (SSSR count). The van der Waals surface area contributed by atoms with Gasteiger partial charge in [-0.1, -0.05) is 49.2 Å². The quantitative estimate of drug-likeness (QED) is 0.682. The molecule has 176 valence electrons. The Kier molecular flexibility index (Phi) is 7.60. The van der Waals surface area contributed by atoms with Crippen LogP contribution in [0.3, 0.4) is 0 Å². The summed E-state index contributed by atoms with van der Waals surface area (Å²) >= 11 is 0. The molecule has 2 unspecified atom stereocenters. The normalized spacial score (nSPS) is 19.2. The summed E-state index contributed by atoms with van der Waals surface area (Å²) in [5.41, 5.74) is 1.54. The van der Waals surface area contributed by atoms with E-state index in [9.17, 15) is 14.0 Å². The Bertz CT molecular complexity index is 940. The third-order valence-corrected chi connectivity index (χ3v) is 6.84. The monoisotopic (exact) mass is 452 g/mol. The van der Waals surface area contributed by atoms with E-state index >= 15 is 0 Å². The zero-order chi connectivity index (χ0) is 23.2. The second kappa shape index (κ2) is 10.8. The van der Waals surface area contributed by atoms with Crippen LogP contribution in [0.5, 0.6) is 0 Å². The Morgan fingerprint density at radius 1 is 0.970 bits per heavy atom. The topological polar surface area (TPSA) is 64.7 Å². The highest BCUT2D eigenvalue weighted by Crippen LogP contribution is 2.31. The van der Waals surface area contributed by atoms with E-state index < -0.39 is 0 Å². The minimum absolute atomic E-state index is 0.0547. The summed E-state index contributed by atoms with van der Waals surface area (Å²) in [4.78, 5) is 30.0. The molecule has 0 bridgehead atoms. The Labute approximate surface area is 195 Å². The van der Waals surface area contributed by atoms with Crippen molar-refractivity contribution in [1.29, 1.82) is 0 Å². The predicted molar refractivity (Wildman–Crippen MR) is 127 cm³/mol. The predicted octanol–water partition coefficient (Wildman–Crippen LogP) is 4.41. The number of carbonyl (C=O) groups is 2. The number of hydrogen-bond donors (Lipinski definition) is 2. The summed E-state index contributed by atoms with van der Waals surface area (Å²) in [7, 11) is 0. The lowest BCUT2D eigenvalue weighted by Gasteiger charge is -2.41. The number of nitrogens with one attached hydrogen (secondary N) is 2. The highest BCUT2D eigenvalue weighted by atomic mass is 19.1. The first-order valence-corrected chi connectivity index (χ1v) is 11.9. The van der Waals surface area contributed by atoms with Crippen LogP contribution >= 0.6 is 0 Å². The fourth-order valence-corrected chi connectivity index (χ4v) is 5.05. The van der Waals surface area contributed by atoms with Gasteiger partial charge in [0.2, 0.25) is 5.91 Å². The van der Waals surface area contributed by atoms with Crippen molar-refractivity contribution in [1.82, 2.24) is 15.1 Å². The summed E-state index contributed by atoms with van der Waals surface area (Å²) in [6.07, 6.45) is 4.47. The summed E-state index contributed by atoms with van der Waals surface area (Å²) in [5, 5.41) is 6.00. The third-order valence-electron chi connectivity index (χ3n) is 6.84. The van der Waals surface area contributed by atoms with Gasteiger partial charge >= 0.3 is 6.03 Å². The van der Waals surface area contributed by atoms with Gasteiger partial charge in [-0.3, -0.25) is 9.69 Å². The largest absolute Gasteiger partial charge is 0.348 e. The van der Waals surface area contributed by atoms with E-state index in [1.807, 2.05) is 37.3 Å². The number of rotatable bonds is 6. The maximum atomic E-state index is 13.4. The van der Waals surface area contributed by atoms with Crippen molar-refractivity contribution in [2.24, 2.45) is 5.92 Å². The zero-order valence-corrected chi connectivity index (χ0v) is 19.2. The van der Waals surface area contributed by atoms with E-state index in [2.05, 4.69) is 15.5 Å². The molecule has 2 aliphatic rings. The maximum Gasteiger partial charge on any atom is 0.321 e. The van der Waals surface area contributed by atoms with Crippen LogP contribution in [-0.4, -0.2) is 54.0 Å². The minimum Gasteiger partial charge on any atom is -0.348 e. The summed E-state index contributed by atoms with van der Waals surface area (Å²) in [6.45, 7) is 4.38. The Balaban J connectivity index is 1.37. The van der Waals surface area contributed by atoms with Gasteiger partial charge in [0.1, 0.15) is 5.82 Å². The van der Waals surface area contributed by atoms with Gasteiger partial charge < -0.3 is 15.5 Å². The van der Waals surface area contributed by atoms with Gasteiger partial charge in [0.05, 0.1) is 12.1 Å². The smallest absolute Gasteiger partial charge is 0.321 e. The molecular weight excluding hydrogens is 419 g/mol. The van der Waals surface area contributed by atoms with Gasteiger partial charge in [-0.2, -0.15) is 0 Å². The van der Waals surface area contributed by atoms with Crippen molar-refractivity contribution in [3.05, 3.63) is 66.0 Å². The van der Waals surface area contributed by atoms with Crippen molar-refractivity contribution in [3.63, 3.8) is 0 Å². The highest BCUT2D eigenvalue weighted by Gasteiger charge is 2.37. The first kappa shape index (κ1) is 23.2. The Morgan fingerprint density at radius 3 is 2.33 bits per heavy atom. The van der Waals surface area contributed by atoms with E-state index in [1.54, 1.807) is 17.0 Å². The van der Waals surface area contributed by atoms with Crippen LogP contribution in [0, 0.1) is 11.7 Å². The molecule has 0 radical (unpaired) electrons. The van der Waals surface area contributed by atoms with Crippen molar-refractivity contribution >= 4 is 17.6 Å². The molecule has 0 spiro atoms. The van der Waals surface area contributed by atoms with Crippen LogP contribution in [0.1, 0.15) is 44.2 Å². The molecule has 2 atom stereocenters. The van der Waals surface area contributed by atoms with Crippen LogP contribution in [0.4, 0.5) is 14.9 Å². The number of urea groups is 1. The molecule has 2 aromatic carbocycles. The number of amides is 3. The molecule has 6 nitrogen and oxygen atoms in total. The van der Waals surface area contributed by atoms with Crippen molar-refractivity contribution in [2.75, 3.05) is 31.5 Å². The molecule has 3 amide bonds. The summed E-state index contributed by atoms with van der Waals surface area (Å²) in [6, 6.07) is 15.5. The molecule has 1 heterocycles. The molecular formula is C26H33FN4O2. The van der Waals surface area contributed by atoms with Crippen molar-refractivity contribution in [3.8, 4) is 0 Å². The van der Waals surface area contributed by atoms with Gasteiger partial charge in [0.25, 0.3) is 0 Å². The van der Waals surface area contributed by atoms with Crippen LogP contribution in [0.15, 0.2) is 54.6 Å². The number of hydrogen-bond acceptors (Lipinski definition) is 3. The Hall–Kier alpha value is -2.93. The molecule has 1 saturated carbocycles. The lowest BCUT2D eigenvalue weighted by Crippen LogP contribution is -2.58. The molecule has 33 heavy (non-hydrogen) atoms. The van der Waals surface area contributed by atoms with Crippen molar-refractivity contribution in [2.45, 2.75) is 44.7 Å². The molecule has 0 aromatic heterocycles. The summed E-state index contributed by atoms with van der Waals surface area (Å²) in [5.74, 6) is 0.0457. The van der Waals surface area contributed by atoms with Crippen LogP contribution in [0.25, 0.3) is 0 Å². The molecule has 2 fully saturated rings. The Morgan fingerprint density at radius 2 is 1.67 bits per heavy atom. The third kappa shape index (κ3) is 5.90. The number of carbonyl (C=O) groups excluding carboxylic acids is 2. The van der Waals surface area contributed by atoms with E-state index in [1.165, 1.54) is 25.0 Å². The molecule has 1 aliphatic heterocycles. The molecule has 7 heteroatoms. The van der Waals surface area contributed by atoms with Crippen molar-refractivity contribution < 1.29 is 14.0 Å². The lowest BCUT2D eigenvalue weighted by molar-refractivity contribution is -0.129. The van der Waals surface area contributed by atoms with Gasteiger partial charge in [-0.15, -0.1) is 0 Å². The number of nitrogens with zero attached hydrogens (tertiary/aromatic N) is 2. The highest BCUT2D eigenvalue weighted by molar-refractivity contribution is 5.89. The van der Waals surface area contributed by atoms with Gasteiger partial charge in [0.15, 0.2) is 0 Å². The fourth-order valence-electron chi connectivity index (χ4n) is 5.05. The number of halogens is 1.